The van der Waals surface area contributed by atoms with Crippen molar-refractivity contribution in [2.75, 3.05) is 12.3 Å². The number of hydrogen-bond donors (Lipinski definition) is 1. The number of rotatable bonds is 5. The smallest absolute Gasteiger partial charge is 0.0110 e. The van der Waals surface area contributed by atoms with Crippen LogP contribution in [-0.4, -0.2) is 12.3 Å². The Balaban J connectivity index is 1.89. The van der Waals surface area contributed by atoms with Crippen LogP contribution in [0.1, 0.15) is 31.2 Å². The highest BCUT2D eigenvalue weighted by Gasteiger charge is 2.14. The van der Waals surface area contributed by atoms with E-state index in [1.165, 1.54) is 41.9 Å². The summed E-state index contributed by atoms with van der Waals surface area (Å²) in [5, 5.41) is 0. The molecule has 0 saturated heterocycles. The topological polar surface area (TPSA) is 26.0 Å². The Morgan fingerprint density at radius 3 is 2.88 bits per heavy atom. The van der Waals surface area contributed by atoms with Crippen molar-refractivity contribution in [1.82, 2.24) is 0 Å². The molecule has 0 heterocycles. The van der Waals surface area contributed by atoms with Crippen LogP contribution in [0.25, 0.3) is 6.08 Å². The molecular weight excluding hydrogens is 226 g/mol. The van der Waals surface area contributed by atoms with Gasteiger partial charge < -0.3 is 5.73 Å². The fourth-order valence-electron chi connectivity index (χ4n) is 2.30. The molecular formula is C15H21NS. The summed E-state index contributed by atoms with van der Waals surface area (Å²) in [6, 6.07) is 8.73. The van der Waals surface area contributed by atoms with Crippen LogP contribution in [-0.2, 0) is 0 Å². The third-order valence-electron chi connectivity index (χ3n) is 3.26. The molecule has 1 aromatic carbocycles. The molecule has 1 aliphatic rings. The van der Waals surface area contributed by atoms with Crippen molar-refractivity contribution in [3.63, 3.8) is 0 Å². The molecule has 0 radical (unpaired) electrons. The highest BCUT2D eigenvalue weighted by Crippen LogP contribution is 2.31. The number of thioether (sulfide) groups is 1. The van der Waals surface area contributed by atoms with E-state index in [0.717, 1.165) is 5.92 Å². The summed E-state index contributed by atoms with van der Waals surface area (Å²) in [4.78, 5) is 1.39. The van der Waals surface area contributed by atoms with Gasteiger partial charge >= 0.3 is 0 Å². The molecule has 0 amide bonds. The second-order valence-corrected chi connectivity index (χ2v) is 5.77. The van der Waals surface area contributed by atoms with E-state index in [1.807, 2.05) is 17.8 Å². The Hall–Kier alpha value is -0.730. The van der Waals surface area contributed by atoms with E-state index >= 15 is 0 Å². The first-order valence-corrected chi connectivity index (χ1v) is 7.46. The van der Waals surface area contributed by atoms with Crippen LogP contribution in [0.2, 0.25) is 0 Å². The second-order valence-electron chi connectivity index (χ2n) is 4.67. The summed E-state index contributed by atoms with van der Waals surface area (Å²) in [5.74, 6) is 2.23. The zero-order valence-electron chi connectivity index (χ0n) is 10.3. The van der Waals surface area contributed by atoms with E-state index in [1.54, 1.807) is 0 Å². The Kier molecular flexibility index (Phi) is 5.14. The van der Waals surface area contributed by atoms with Gasteiger partial charge in [0, 0.05) is 17.2 Å². The molecule has 0 unspecified atom stereocenters. The highest BCUT2D eigenvalue weighted by molar-refractivity contribution is 7.99. The van der Waals surface area contributed by atoms with Gasteiger partial charge in [0.05, 0.1) is 0 Å². The van der Waals surface area contributed by atoms with E-state index in [0.29, 0.717) is 6.54 Å². The fraction of sp³-hybridized carbons (Fsp3) is 0.467. The predicted molar refractivity (Wildman–Crippen MR) is 77.2 cm³/mol. The Morgan fingerprint density at radius 1 is 1.29 bits per heavy atom. The normalized spacial score (nSPS) is 17.0. The third-order valence-corrected chi connectivity index (χ3v) is 4.49. The van der Waals surface area contributed by atoms with Gasteiger partial charge in [-0.25, -0.2) is 0 Å². The van der Waals surface area contributed by atoms with Crippen molar-refractivity contribution in [2.45, 2.75) is 30.6 Å². The molecule has 2 rings (SSSR count). The van der Waals surface area contributed by atoms with Crippen molar-refractivity contribution < 1.29 is 0 Å². The Morgan fingerprint density at radius 2 is 2.12 bits per heavy atom. The standard InChI is InChI=1S/C15H21NS/c16-10-4-8-13-7-3-9-15(11-13)17-12-14-5-1-2-6-14/h3-4,7-9,11,14H,1-2,5-6,10,12,16H2. The van der Waals surface area contributed by atoms with Crippen molar-refractivity contribution >= 4 is 17.8 Å². The van der Waals surface area contributed by atoms with Crippen LogP contribution in [0, 0.1) is 5.92 Å². The first-order chi connectivity index (χ1) is 8.38. The van der Waals surface area contributed by atoms with Crippen LogP contribution in [0.4, 0.5) is 0 Å². The van der Waals surface area contributed by atoms with E-state index in [2.05, 4.69) is 30.3 Å². The van der Waals surface area contributed by atoms with E-state index in [-0.39, 0.29) is 0 Å². The molecule has 0 spiro atoms. The van der Waals surface area contributed by atoms with Gasteiger partial charge in [-0.05, 0) is 36.5 Å². The van der Waals surface area contributed by atoms with Gasteiger partial charge in [-0.15, -0.1) is 11.8 Å². The number of nitrogens with two attached hydrogens (primary N) is 1. The fourth-order valence-corrected chi connectivity index (χ4v) is 3.46. The summed E-state index contributed by atoms with van der Waals surface area (Å²) < 4.78 is 0. The van der Waals surface area contributed by atoms with Gasteiger partial charge in [0.15, 0.2) is 0 Å². The first-order valence-electron chi connectivity index (χ1n) is 6.48. The minimum Gasteiger partial charge on any atom is -0.327 e. The molecule has 1 aromatic rings. The molecule has 2 heteroatoms. The summed E-state index contributed by atoms with van der Waals surface area (Å²) in [6.07, 6.45) is 9.83. The van der Waals surface area contributed by atoms with Crippen molar-refractivity contribution in [2.24, 2.45) is 11.7 Å². The Bertz CT molecular complexity index is 367. The number of hydrogen-bond acceptors (Lipinski definition) is 2. The Labute approximate surface area is 108 Å². The van der Waals surface area contributed by atoms with Gasteiger partial charge in [-0.3, -0.25) is 0 Å². The molecule has 0 atom stereocenters. The maximum atomic E-state index is 5.46. The van der Waals surface area contributed by atoms with E-state index < -0.39 is 0 Å². The lowest BCUT2D eigenvalue weighted by Gasteiger charge is -2.08. The highest BCUT2D eigenvalue weighted by atomic mass is 32.2. The lowest BCUT2D eigenvalue weighted by Crippen LogP contribution is -1.96. The summed E-state index contributed by atoms with van der Waals surface area (Å²) in [7, 11) is 0. The largest absolute Gasteiger partial charge is 0.327 e. The molecule has 2 N–H and O–H groups in total. The van der Waals surface area contributed by atoms with Crippen LogP contribution in [0.3, 0.4) is 0 Å². The van der Waals surface area contributed by atoms with Crippen LogP contribution >= 0.6 is 11.8 Å². The molecule has 0 bridgehead atoms. The lowest BCUT2D eigenvalue weighted by molar-refractivity contribution is 0.623. The zero-order chi connectivity index (χ0) is 11.9. The molecule has 1 fully saturated rings. The third kappa shape index (κ3) is 4.21. The monoisotopic (exact) mass is 247 g/mol. The molecule has 1 saturated carbocycles. The minimum atomic E-state index is 0.611. The predicted octanol–water partition coefficient (Wildman–Crippen LogP) is 3.94. The second kappa shape index (κ2) is 6.87. The van der Waals surface area contributed by atoms with Crippen LogP contribution < -0.4 is 5.73 Å². The van der Waals surface area contributed by atoms with Gasteiger partial charge in [0.25, 0.3) is 0 Å². The average Bonchev–Trinajstić information content (AvgIpc) is 2.87. The lowest BCUT2D eigenvalue weighted by atomic mass is 10.1. The summed E-state index contributed by atoms with van der Waals surface area (Å²) in [6.45, 7) is 0.611. The van der Waals surface area contributed by atoms with E-state index in [4.69, 9.17) is 5.73 Å². The molecule has 1 aliphatic carbocycles. The maximum Gasteiger partial charge on any atom is 0.0110 e. The van der Waals surface area contributed by atoms with E-state index in [9.17, 15) is 0 Å². The molecule has 0 aliphatic heterocycles. The SMILES string of the molecule is NCC=Cc1cccc(SCC2CCCC2)c1. The van der Waals surface area contributed by atoms with Gasteiger partial charge in [-0.2, -0.15) is 0 Å². The van der Waals surface area contributed by atoms with Gasteiger partial charge in [0.2, 0.25) is 0 Å². The molecule has 17 heavy (non-hydrogen) atoms. The van der Waals surface area contributed by atoms with Crippen molar-refractivity contribution in [3.05, 3.63) is 35.9 Å². The van der Waals surface area contributed by atoms with Gasteiger partial charge in [-0.1, -0.05) is 37.1 Å². The summed E-state index contributed by atoms with van der Waals surface area (Å²) >= 11 is 2.00. The van der Waals surface area contributed by atoms with Gasteiger partial charge in [0.1, 0.15) is 0 Å². The zero-order valence-corrected chi connectivity index (χ0v) is 11.1. The maximum absolute atomic E-state index is 5.46. The van der Waals surface area contributed by atoms with Crippen LogP contribution in [0.15, 0.2) is 35.2 Å². The number of benzene rings is 1. The average molecular weight is 247 g/mol. The van der Waals surface area contributed by atoms with Crippen LogP contribution in [0.5, 0.6) is 0 Å². The quantitative estimate of drug-likeness (QED) is 0.798. The summed E-state index contributed by atoms with van der Waals surface area (Å²) in [5.41, 5.74) is 6.72. The molecule has 0 aromatic heterocycles. The van der Waals surface area contributed by atoms with Crippen molar-refractivity contribution in [1.29, 1.82) is 0 Å². The van der Waals surface area contributed by atoms with Crippen molar-refractivity contribution in [3.8, 4) is 0 Å². The minimum absolute atomic E-state index is 0.611. The first kappa shape index (κ1) is 12.7. The molecule has 92 valence electrons. The molecule has 1 nitrogen and oxygen atoms in total.